The zero-order chi connectivity index (χ0) is 13.1. The molecule has 0 N–H and O–H groups in total. The van der Waals surface area contributed by atoms with Crippen molar-refractivity contribution in [1.82, 2.24) is 4.90 Å². The van der Waals surface area contributed by atoms with Crippen LogP contribution in [-0.2, 0) is 14.3 Å². The summed E-state index contributed by atoms with van der Waals surface area (Å²) in [5, 5.41) is 0. The number of esters is 1. The predicted octanol–water partition coefficient (Wildman–Crippen LogP) is 1.83. The standard InChI is InChI=1S/C13H23NO3/c1-10(11(15)17-4)9-14(3)12(16)13(2)7-5-6-8-13/h10H,5-9H2,1-4H3. The first kappa shape index (κ1) is 14.0. The molecule has 1 rings (SSSR count). The third-order valence-electron chi connectivity index (χ3n) is 3.72. The second kappa shape index (κ2) is 5.52. The number of hydrogen-bond acceptors (Lipinski definition) is 3. The van der Waals surface area contributed by atoms with E-state index in [0.29, 0.717) is 6.54 Å². The molecule has 1 unspecified atom stereocenters. The minimum atomic E-state index is -0.265. The summed E-state index contributed by atoms with van der Waals surface area (Å²) in [7, 11) is 3.14. The molecule has 98 valence electrons. The summed E-state index contributed by atoms with van der Waals surface area (Å²) in [6.07, 6.45) is 4.18. The molecule has 0 aromatic heterocycles. The highest BCUT2D eigenvalue weighted by Crippen LogP contribution is 2.38. The molecule has 4 nitrogen and oxygen atoms in total. The normalized spacial score (nSPS) is 19.8. The van der Waals surface area contributed by atoms with Crippen molar-refractivity contribution in [2.24, 2.45) is 11.3 Å². The molecule has 1 aliphatic carbocycles. The van der Waals surface area contributed by atoms with Crippen LogP contribution in [0.3, 0.4) is 0 Å². The van der Waals surface area contributed by atoms with E-state index in [4.69, 9.17) is 0 Å². The van der Waals surface area contributed by atoms with Crippen LogP contribution >= 0.6 is 0 Å². The molecular weight excluding hydrogens is 218 g/mol. The number of amides is 1. The van der Waals surface area contributed by atoms with Gasteiger partial charge in [-0.3, -0.25) is 9.59 Å². The van der Waals surface area contributed by atoms with Gasteiger partial charge in [0.2, 0.25) is 5.91 Å². The smallest absolute Gasteiger partial charge is 0.310 e. The summed E-state index contributed by atoms with van der Waals surface area (Å²) in [4.78, 5) is 25.3. The van der Waals surface area contributed by atoms with E-state index in [1.54, 1.807) is 18.9 Å². The maximum atomic E-state index is 12.3. The summed E-state index contributed by atoms with van der Waals surface area (Å²) in [6.45, 7) is 4.25. The first-order valence-electron chi connectivity index (χ1n) is 6.24. The number of nitrogens with zero attached hydrogens (tertiary/aromatic N) is 1. The molecule has 0 heterocycles. The minimum Gasteiger partial charge on any atom is -0.469 e. The summed E-state index contributed by atoms with van der Waals surface area (Å²) in [5.41, 5.74) is -0.218. The van der Waals surface area contributed by atoms with Crippen molar-refractivity contribution < 1.29 is 14.3 Å². The quantitative estimate of drug-likeness (QED) is 0.705. The molecule has 0 aromatic carbocycles. The van der Waals surface area contributed by atoms with E-state index in [2.05, 4.69) is 4.74 Å². The van der Waals surface area contributed by atoms with Crippen LogP contribution in [0.15, 0.2) is 0 Å². The van der Waals surface area contributed by atoms with Crippen LogP contribution in [0.5, 0.6) is 0 Å². The number of methoxy groups -OCH3 is 1. The summed E-state index contributed by atoms with van der Waals surface area (Å²) >= 11 is 0. The third-order valence-corrected chi connectivity index (χ3v) is 3.72. The number of carbonyl (C=O) groups excluding carboxylic acids is 2. The Labute approximate surface area is 103 Å². The fraction of sp³-hybridized carbons (Fsp3) is 0.846. The molecule has 17 heavy (non-hydrogen) atoms. The second-order valence-electron chi connectivity index (χ2n) is 5.38. The second-order valence-corrected chi connectivity index (χ2v) is 5.38. The monoisotopic (exact) mass is 241 g/mol. The molecule has 1 fully saturated rings. The van der Waals surface area contributed by atoms with Crippen LogP contribution in [-0.4, -0.2) is 37.5 Å². The molecule has 1 saturated carbocycles. The predicted molar refractivity (Wildman–Crippen MR) is 65.4 cm³/mol. The van der Waals surface area contributed by atoms with E-state index in [-0.39, 0.29) is 23.2 Å². The lowest BCUT2D eigenvalue weighted by Crippen LogP contribution is -2.42. The first-order chi connectivity index (χ1) is 7.90. The van der Waals surface area contributed by atoms with Crippen LogP contribution in [0, 0.1) is 11.3 Å². The zero-order valence-electron chi connectivity index (χ0n) is 11.3. The number of rotatable bonds is 4. The van der Waals surface area contributed by atoms with Gasteiger partial charge in [-0.25, -0.2) is 0 Å². The van der Waals surface area contributed by atoms with Crippen LogP contribution in [0.2, 0.25) is 0 Å². The van der Waals surface area contributed by atoms with E-state index in [9.17, 15) is 9.59 Å². The van der Waals surface area contributed by atoms with Crippen molar-refractivity contribution in [1.29, 1.82) is 0 Å². The van der Waals surface area contributed by atoms with Crippen molar-refractivity contribution in [3.05, 3.63) is 0 Å². The van der Waals surface area contributed by atoms with Gasteiger partial charge in [-0.1, -0.05) is 26.7 Å². The van der Waals surface area contributed by atoms with Gasteiger partial charge in [0.15, 0.2) is 0 Å². The molecule has 0 saturated heterocycles. The lowest BCUT2D eigenvalue weighted by Gasteiger charge is -2.30. The molecule has 1 atom stereocenters. The Kier molecular flexibility index (Phi) is 4.54. The Morgan fingerprint density at radius 1 is 1.35 bits per heavy atom. The van der Waals surface area contributed by atoms with Crippen molar-refractivity contribution in [2.75, 3.05) is 20.7 Å². The molecule has 1 aliphatic rings. The van der Waals surface area contributed by atoms with Gasteiger partial charge in [0.05, 0.1) is 13.0 Å². The van der Waals surface area contributed by atoms with Crippen molar-refractivity contribution in [3.63, 3.8) is 0 Å². The van der Waals surface area contributed by atoms with E-state index >= 15 is 0 Å². The first-order valence-corrected chi connectivity index (χ1v) is 6.24. The van der Waals surface area contributed by atoms with Gasteiger partial charge in [-0.05, 0) is 12.8 Å². The van der Waals surface area contributed by atoms with Gasteiger partial charge in [0.1, 0.15) is 0 Å². The lowest BCUT2D eigenvalue weighted by atomic mass is 9.87. The highest BCUT2D eigenvalue weighted by Gasteiger charge is 2.38. The molecular formula is C13H23NO3. The Bertz CT molecular complexity index is 295. The van der Waals surface area contributed by atoms with E-state index < -0.39 is 0 Å². The van der Waals surface area contributed by atoms with Gasteiger partial charge in [0.25, 0.3) is 0 Å². The van der Waals surface area contributed by atoms with Gasteiger partial charge < -0.3 is 9.64 Å². The lowest BCUT2D eigenvalue weighted by molar-refractivity contribution is -0.147. The maximum absolute atomic E-state index is 12.3. The Morgan fingerprint density at radius 3 is 2.35 bits per heavy atom. The molecule has 0 aromatic rings. The van der Waals surface area contributed by atoms with Crippen molar-refractivity contribution in [3.8, 4) is 0 Å². The number of carbonyl (C=O) groups is 2. The third kappa shape index (κ3) is 3.20. The van der Waals surface area contributed by atoms with Crippen LogP contribution in [0.4, 0.5) is 0 Å². The maximum Gasteiger partial charge on any atom is 0.310 e. The fourth-order valence-corrected chi connectivity index (χ4v) is 2.60. The molecule has 0 aliphatic heterocycles. The average molecular weight is 241 g/mol. The summed E-state index contributed by atoms with van der Waals surface area (Å²) < 4.78 is 4.67. The van der Waals surface area contributed by atoms with Gasteiger partial charge >= 0.3 is 5.97 Å². The minimum absolute atomic E-state index is 0.158. The van der Waals surface area contributed by atoms with Crippen LogP contribution in [0.1, 0.15) is 39.5 Å². The molecule has 0 radical (unpaired) electrons. The highest BCUT2D eigenvalue weighted by atomic mass is 16.5. The van der Waals surface area contributed by atoms with E-state index in [1.165, 1.54) is 7.11 Å². The Morgan fingerprint density at radius 2 is 1.88 bits per heavy atom. The molecule has 1 amide bonds. The largest absolute Gasteiger partial charge is 0.469 e. The fourth-order valence-electron chi connectivity index (χ4n) is 2.60. The average Bonchev–Trinajstić information content (AvgIpc) is 2.75. The number of ether oxygens (including phenoxy) is 1. The zero-order valence-corrected chi connectivity index (χ0v) is 11.3. The van der Waals surface area contributed by atoms with Crippen LogP contribution < -0.4 is 0 Å². The van der Waals surface area contributed by atoms with Crippen LogP contribution in [0.25, 0.3) is 0 Å². The Balaban J connectivity index is 2.55. The number of hydrogen-bond donors (Lipinski definition) is 0. The van der Waals surface area contributed by atoms with Crippen molar-refractivity contribution in [2.45, 2.75) is 39.5 Å². The summed E-state index contributed by atoms with van der Waals surface area (Å²) in [6, 6.07) is 0. The van der Waals surface area contributed by atoms with Gasteiger partial charge in [-0.2, -0.15) is 0 Å². The Hall–Kier alpha value is -1.06. The van der Waals surface area contributed by atoms with E-state index in [0.717, 1.165) is 25.7 Å². The summed E-state index contributed by atoms with van der Waals surface area (Å²) in [5.74, 6) is -0.370. The SMILES string of the molecule is COC(=O)C(C)CN(C)C(=O)C1(C)CCCC1. The van der Waals surface area contributed by atoms with E-state index in [1.807, 2.05) is 6.92 Å². The van der Waals surface area contributed by atoms with Crippen molar-refractivity contribution >= 4 is 11.9 Å². The topological polar surface area (TPSA) is 46.6 Å². The van der Waals surface area contributed by atoms with Gasteiger partial charge in [0, 0.05) is 19.0 Å². The highest BCUT2D eigenvalue weighted by molar-refractivity contribution is 5.83. The molecule has 4 heteroatoms. The molecule has 0 spiro atoms. The van der Waals surface area contributed by atoms with Gasteiger partial charge in [-0.15, -0.1) is 0 Å². The molecule has 0 bridgehead atoms.